The SMILES string of the molecule is CCCCCCc1cc2cc(-c3cnc(N4N=C5/C(=C/c6ccc(F)cc6)CCC[C@H]5[C@@H]4c4ccc(F)cc4)s3)c(=O)oc2cc1O. The molecule has 1 N–H and O–H groups in total. The molecule has 1 saturated carbocycles. The van der Waals surface area contributed by atoms with E-state index in [1.54, 1.807) is 30.5 Å². The van der Waals surface area contributed by atoms with Crippen LogP contribution in [0, 0.1) is 17.6 Å². The molecule has 47 heavy (non-hydrogen) atoms. The molecule has 3 aromatic carbocycles. The lowest BCUT2D eigenvalue weighted by Gasteiger charge is -2.29. The molecule has 2 aliphatic rings. The number of thiazole rings is 1. The molecule has 1 aliphatic carbocycles. The van der Waals surface area contributed by atoms with Gasteiger partial charge in [-0.3, -0.25) is 0 Å². The zero-order chi connectivity index (χ0) is 32.5. The van der Waals surface area contributed by atoms with Crippen LogP contribution in [0.1, 0.15) is 74.6 Å². The van der Waals surface area contributed by atoms with Crippen LogP contribution in [-0.2, 0) is 6.42 Å². The van der Waals surface area contributed by atoms with E-state index in [1.807, 2.05) is 17.1 Å². The molecule has 1 aliphatic heterocycles. The Morgan fingerprint density at radius 1 is 1.02 bits per heavy atom. The molecule has 0 amide bonds. The van der Waals surface area contributed by atoms with Crippen LogP contribution in [0.3, 0.4) is 0 Å². The number of halogens is 2. The average Bonchev–Trinajstić information content (AvgIpc) is 3.71. The molecular weight excluding hydrogens is 616 g/mol. The highest BCUT2D eigenvalue weighted by Crippen LogP contribution is 2.47. The summed E-state index contributed by atoms with van der Waals surface area (Å²) in [6, 6.07) is 18.0. The van der Waals surface area contributed by atoms with Crippen molar-refractivity contribution in [3.8, 4) is 16.2 Å². The fraction of sp³-hybridized carbons (Fsp3) is 0.289. The number of hydrazone groups is 1. The molecule has 240 valence electrons. The van der Waals surface area contributed by atoms with Gasteiger partial charge in [-0.15, -0.1) is 0 Å². The summed E-state index contributed by atoms with van der Waals surface area (Å²) in [7, 11) is 0. The predicted octanol–water partition coefficient (Wildman–Crippen LogP) is 9.82. The molecule has 9 heteroatoms. The van der Waals surface area contributed by atoms with Gasteiger partial charge in [0.05, 0.1) is 22.2 Å². The summed E-state index contributed by atoms with van der Waals surface area (Å²) in [6.45, 7) is 2.17. The first-order chi connectivity index (χ1) is 22.9. The number of fused-ring (bicyclic) bond motifs is 2. The average molecular weight is 652 g/mol. The highest BCUT2D eigenvalue weighted by Gasteiger charge is 2.43. The smallest absolute Gasteiger partial charge is 0.345 e. The van der Waals surface area contributed by atoms with Crippen LogP contribution in [0.5, 0.6) is 5.75 Å². The molecule has 0 bridgehead atoms. The normalized spacial score (nSPS) is 18.6. The number of nitrogens with zero attached hydrogens (tertiary/aromatic N) is 3. The Balaban J connectivity index is 1.25. The van der Waals surface area contributed by atoms with Crippen molar-refractivity contribution in [1.82, 2.24) is 4.98 Å². The maximum Gasteiger partial charge on any atom is 0.345 e. The minimum absolute atomic E-state index is 0.0439. The van der Waals surface area contributed by atoms with E-state index < -0.39 is 5.63 Å². The van der Waals surface area contributed by atoms with Crippen LogP contribution in [0.25, 0.3) is 27.5 Å². The number of hydrogen-bond acceptors (Lipinski definition) is 7. The topological polar surface area (TPSA) is 78.9 Å². The number of aryl methyl sites for hydroxylation is 1. The lowest BCUT2D eigenvalue weighted by molar-refractivity contribution is 0.464. The zero-order valence-electron chi connectivity index (χ0n) is 26.1. The van der Waals surface area contributed by atoms with Gasteiger partial charge in [0.2, 0.25) is 5.13 Å². The largest absolute Gasteiger partial charge is 0.508 e. The number of hydrogen-bond donors (Lipinski definition) is 1. The van der Waals surface area contributed by atoms with Gasteiger partial charge >= 0.3 is 5.63 Å². The summed E-state index contributed by atoms with van der Waals surface area (Å²) in [5, 5.41) is 19.0. The minimum Gasteiger partial charge on any atom is -0.508 e. The minimum atomic E-state index is -0.510. The lowest BCUT2D eigenvalue weighted by atomic mass is 9.77. The van der Waals surface area contributed by atoms with Crippen molar-refractivity contribution in [2.45, 2.75) is 64.3 Å². The van der Waals surface area contributed by atoms with Crippen LogP contribution in [-0.4, -0.2) is 15.8 Å². The maximum absolute atomic E-state index is 14.0. The Hall–Kier alpha value is -4.63. The van der Waals surface area contributed by atoms with Gasteiger partial charge < -0.3 is 9.52 Å². The number of benzene rings is 3. The highest BCUT2D eigenvalue weighted by atomic mass is 32.1. The Labute approximate surface area is 275 Å². The first-order valence-corrected chi connectivity index (χ1v) is 17.0. The quantitative estimate of drug-likeness (QED) is 0.127. The van der Waals surface area contributed by atoms with E-state index in [2.05, 4.69) is 13.0 Å². The molecular formula is C38H35F2N3O3S. The Bertz CT molecular complexity index is 2030. The summed E-state index contributed by atoms with van der Waals surface area (Å²) >= 11 is 1.35. The molecule has 0 radical (unpaired) electrons. The fourth-order valence-electron chi connectivity index (χ4n) is 6.72. The summed E-state index contributed by atoms with van der Waals surface area (Å²) in [4.78, 5) is 18.6. The second-order valence-electron chi connectivity index (χ2n) is 12.3. The van der Waals surface area contributed by atoms with Crippen molar-refractivity contribution in [2.24, 2.45) is 11.0 Å². The maximum atomic E-state index is 14.0. The number of unbranched alkanes of at least 4 members (excludes halogenated alkanes) is 3. The van der Waals surface area contributed by atoms with E-state index in [-0.39, 0.29) is 29.3 Å². The van der Waals surface area contributed by atoms with Gasteiger partial charge in [0.25, 0.3) is 0 Å². The van der Waals surface area contributed by atoms with Gasteiger partial charge in [0, 0.05) is 23.6 Å². The molecule has 7 rings (SSSR count). The van der Waals surface area contributed by atoms with Gasteiger partial charge in [-0.25, -0.2) is 23.6 Å². The molecule has 6 nitrogen and oxygen atoms in total. The van der Waals surface area contributed by atoms with Crippen LogP contribution in [0.15, 0.2) is 92.8 Å². The standard InChI is InChI=1S/C38H35F2N3O3S/c1-2-3-4-5-7-25-19-27-20-31(37(45)46-33(27)21-32(25)44)34-22-41-38(47-34)43-36(24-12-16-29(40)17-13-24)30-9-6-8-26(35(30)42-43)18-23-10-14-28(39)15-11-23/h10-22,30,36,44H,2-9H2,1H3/b26-18+/t30-,36+/m1/s1. The molecule has 0 spiro atoms. The van der Waals surface area contributed by atoms with E-state index in [4.69, 9.17) is 14.5 Å². The molecule has 5 aromatic rings. The number of rotatable bonds is 9. The van der Waals surface area contributed by atoms with Gasteiger partial charge in [0.15, 0.2) is 0 Å². The predicted molar refractivity (Wildman–Crippen MR) is 184 cm³/mol. The van der Waals surface area contributed by atoms with Crippen LogP contribution in [0.4, 0.5) is 13.9 Å². The van der Waals surface area contributed by atoms with Crippen molar-refractivity contribution >= 4 is 39.2 Å². The summed E-state index contributed by atoms with van der Waals surface area (Å²) in [5.41, 5.74) is 4.91. The van der Waals surface area contributed by atoms with Crippen molar-refractivity contribution in [2.75, 3.05) is 5.01 Å². The number of phenolic OH excluding ortho intramolecular Hbond substituents is 1. The van der Waals surface area contributed by atoms with Crippen molar-refractivity contribution in [1.29, 1.82) is 0 Å². The molecule has 1 fully saturated rings. The third-order valence-electron chi connectivity index (χ3n) is 9.11. The van der Waals surface area contributed by atoms with E-state index in [0.717, 1.165) is 84.7 Å². The fourth-order valence-corrected chi connectivity index (χ4v) is 7.63. The Morgan fingerprint density at radius 3 is 2.55 bits per heavy atom. The van der Waals surface area contributed by atoms with E-state index in [0.29, 0.717) is 21.2 Å². The van der Waals surface area contributed by atoms with E-state index >= 15 is 0 Å². The number of anilines is 1. The first kappa shape index (κ1) is 31.0. The number of aromatic hydroxyl groups is 1. The molecule has 0 unspecified atom stereocenters. The van der Waals surface area contributed by atoms with Crippen molar-refractivity contribution in [3.05, 3.63) is 117 Å². The highest BCUT2D eigenvalue weighted by molar-refractivity contribution is 7.18. The van der Waals surface area contributed by atoms with Gasteiger partial charge in [-0.05, 0) is 96.8 Å². The second kappa shape index (κ2) is 13.2. The van der Waals surface area contributed by atoms with Gasteiger partial charge in [-0.2, -0.15) is 5.10 Å². The molecule has 3 heterocycles. The number of aromatic nitrogens is 1. The monoisotopic (exact) mass is 651 g/mol. The van der Waals surface area contributed by atoms with Crippen molar-refractivity contribution in [3.63, 3.8) is 0 Å². The van der Waals surface area contributed by atoms with Gasteiger partial charge in [-0.1, -0.05) is 61.8 Å². The van der Waals surface area contributed by atoms with Crippen LogP contribution in [0.2, 0.25) is 0 Å². The van der Waals surface area contributed by atoms with E-state index in [1.165, 1.54) is 41.7 Å². The number of phenols is 1. The lowest BCUT2D eigenvalue weighted by Crippen LogP contribution is -2.28. The molecule has 2 atom stereocenters. The van der Waals surface area contributed by atoms with Crippen molar-refractivity contribution < 1.29 is 18.3 Å². The van der Waals surface area contributed by atoms with Gasteiger partial charge in [0.1, 0.15) is 23.0 Å². The summed E-state index contributed by atoms with van der Waals surface area (Å²) < 4.78 is 33.3. The first-order valence-electron chi connectivity index (χ1n) is 16.2. The Morgan fingerprint density at radius 2 is 1.79 bits per heavy atom. The number of allylic oxidation sites excluding steroid dienone is 1. The summed E-state index contributed by atoms with van der Waals surface area (Å²) in [6.07, 6.45) is 11.5. The molecule has 2 aromatic heterocycles. The third-order valence-corrected chi connectivity index (χ3v) is 10.1. The Kier molecular flexibility index (Phi) is 8.73. The molecule has 0 saturated heterocycles. The van der Waals surface area contributed by atoms with Crippen LogP contribution >= 0.6 is 11.3 Å². The second-order valence-corrected chi connectivity index (χ2v) is 13.3. The van der Waals surface area contributed by atoms with E-state index in [9.17, 15) is 18.7 Å². The zero-order valence-corrected chi connectivity index (χ0v) is 26.9. The third kappa shape index (κ3) is 6.37. The van der Waals surface area contributed by atoms with Crippen LogP contribution < -0.4 is 10.6 Å². The summed E-state index contributed by atoms with van der Waals surface area (Å²) in [5.74, 6) is -0.408.